The standard InChI is InChI=1S/C7H13NS2/c1-4-5-6-7(8-2)10-9-3/h5-6H,4H2,1-3H3/b6-5-,8-7?. The van der Waals surface area contributed by atoms with Gasteiger partial charge in [0, 0.05) is 7.05 Å². The summed E-state index contributed by atoms with van der Waals surface area (Å²) < 4.78 is 0. The van der Waals surface area contributed by atoms with E-state index < -0.39 is 0 Å². The predicted octanol–water partition coefficient (Wildman–Crippen LogP) is 2.99. The van der Waals surface area contributed by atoms with Gasteiger partial charge in [0.2, 0.25) is 0 Å². The quantitative estimate of drug-likeness (QED) is 0.371. The molecule has 0 aliphatic rings. The average molecular weight is 175 g/mol. The molecular weight excluding hydrogens is 162 g/mol. The Morgan fingerprint density at radius 3 is 2.70 bits per heavy atom. The van der Waals surface area contributed by atoms with Crippen LogP contribution in [0.3, 0.4) is 0 Å². The molecule has 0 N–H and O–H groups in total. The van der Waals surface area contributed by atoms with Gasteiger partial charge in [-0.2, -0.15) is 0 Å². The molecule has 10 heavy (non-hydrogen) atoms. The fraction of sp³-hybridized carbons (Fsp3) is 0.571. The van der Waals surface area contributed by atoms with Crippen molar-refractivity contribution in [2.45, 2.75) is 13.3 Å². The maximum atomic E-state index is 4.09. The number of hydrogen-bond donors (Lipinski definition) is 0. The Bertz CT molecular complexity index is 130. The summed E-state index contributed by atoms with van der Waals surface area (Å²) in [6, 6.07) is 0. The molecule has 0 radical (unpaired) electrons. The van der Waals surface area contributed by atoms with Crippen molar-refractivity contribution in [2.75, 3.05) is 13.3 Å². The molecule has 0 aromatic carbocycles. The molecule has 0 aromatic heterocycles. The van der Waals surface area contributed by atoms with Gasteiger partial charge in [-0.3, -0.25) is 4.99 Å². The summed E-state index contributed by atoms with van der Waals surface area (Å²) in [5.41, 5.74) is 0. The zero-order chi connectivity index (χ0) is 7.82. The van der Waals surface area contributed by atoms with Gasteiger partial charge < -0.3 is 0 Å². The van der Waals surface area contributed by atoms with E-state index in [0.29, 0.717) is 0 Å². The SMILES string of the molecule is CC/C=C\C(=NC)SSC. The molecule has 0 heterocycles. The summed E-state index contributed by atoms with van der Waals surface area (Å²) in [7, 11) is 5.23. The highest BCUT2D eigenvalue weighted by Crippen LogP contribution is 2.19. The summed E-state index contributed by atoms with van der Waals surface area (Å²) in [6.07, 6.45) is 7.30. The first-order chi connectivity index (χ1) is 4.85. The van der Waals surface area contributed by atoms with Gasteiger partial charge in [0.1, 0.15) is 5.04 Å². The second-order valence-electron chi connectivity index (χ2n) is 1.62. The van der Waals surface area contributed by atoms with E-state index in [4.69, 9.17) is 0 Å². The van der Waals surface area contributed by atoms with Crippen LogP contribution in [0.15, 0.2) is 17.1 Å². The van der Waals surface area contributed by atoms with Crippen LogP contribution in [-0.4, -0.2) is 18.3 Å². The van der Waals surface area contributed by atoms with Gasteiger partial charge in [0.05, 0.1) is 0 Å². The maximum absolute atomic E-state index is 4.09. The largest absolute Gasteiger partial charge is 0.281 e. The van der Waals surface area contributed by atoms with E-state index in [2.05, 4.69) is 30.3 Å². The van der Waals surface area contributed by atoms with Crippen LogP contribution in [0.5, 0.6) is 0 Å². The Hall–Kier alpha value is 0.110. The lowest BCUT2D eigenvalue weighted by Gasteiger charge is -1.92. The molecule has 0 atom stereocenters. The fourth-order valence-electron chi connectivity index (χ4n) is 0.444. The third-order valence-corrected chi connectivity index (χ3v) is 2.55. The summed E-state index contributed by atoms with van der Waals surface area (Å²) in [4.78, 5) is 4.09. The molecule has 0 amide bonds. The molecule has 0 aromatic rings. The molecule has 0 fully saturated rings. The molecule has 0 spiro atoms. The van der Waals surface area contributed by atoms with E-state index in [1.807, 2.05) is 7.05 Å². The minimum absolute atomic E-state index is 1.08. The third kappa shape index (κ3) is 4.94. The second kappa shape index (κ2) is 7.22. The minimum Gasteiger partial charge on any atom is -0.281 e. The van der Waals surface area contributed by atoms with Crippen LogP contribution >= 0.6 is 21.6 Å². The molecule has 58 valence electrons. The third-order valence-electron chi connectivity index (χ3n) is 0.885. The molecule has 3 heteroatoms. The van der Waals surface area contributed by atoms with Crippen molar-refractivity contribution in [3.05, 3.63) is 12.2 Å². The van der Waals surface area contributed by atoms with Gasteiger partial charge in [-0.05, 0) is 29.5 Å². The smallest absolute Gasteiger partial charge is 0.100 e. The molecule has 0 rings (SSSR count). The van der Waals surface area contributed by atoms with E-state index in [0.717, 1.165) is 11.5 Å². The predicted molar refractivity (Wildman–Crippen MR) is 53.9 cm³/mol. The number of nitrogens with zero attached hydrogens (tertiary/aromatic N) is 1. The van der Waals surface area contributed by atoms with Crippen molar-refractivity contribution in [1.29, 1.82) is 0 Å². The van der Waals surface area contributed by atoms with Crippen molar-refractivity contribution < 1.29 is 0 Å². The summed E-state index contributed by atoms with van der Waals surface area (Å²) in [6.45, 7) is 2.12. The molecular formula is C7H13NS2. The van der Waals surface area contributed by atoms with E-state index in [1.54, 1.807) is 21.6 Å². The van der Waals surface area contributed by atoms with Crippen molar-refractivity contribution in [3.8, 4) is 0 Å². The lowest BCUT2D eigenvalue weighted by molar-refractivity contribution is 1.23. The lowest BCUT2D eigenvalue weighted by atomic mass is 10.4. The maximum Gasteiger partial charge on any atom is 0.100 e. The highest BCUT2D eigenvalue weighted by atomic mass is 33.1. The van der Waals surface area contributed by atoms with E-state index in [9.17, 15) is 0 Å². The van der Waals surface area contributed by atoms with Gasteiger partial charge in [0.15, 0.2) is 0 Å². The molecule has 0 unspecified atom stereocenters. The van der Waals surface area contributed by atoms with Gasteiger partial charge in [-0.1, -0.05) is 23.8 Å². The molecule has 0 aliphatic carbocycles. The number of hydrogen-bond acceptors (Lipinski definition) is 3. The van der Waals surface area contributed by atoms with E-state index in [1.165, 1.54) is 0 Å². The second-order valence-corrected chi connectivity index (χ2v) is 4.04. The molecule has 1 nitrogen and oxygen atoms in total. The number of aliphatic imine (C=N–C) groups is 1. The van der Waals surface area contributed by atoms with Crippen molar-refractivity contribution >= 4 is 26.6 Å². The van der Waals surface area contributed by atoms with Gasteiger partial charge in [-0.25, -0.2) is 0 Å². The highest BCUT2D eigenvalue weighted by molar-refractivity contribution is 8.82. The Balaban J connectivity index is 3.72. The number of allylic oxidation sites excluding steroid dienone is 1. The molecule has 0 saturated heterocycles. The van der Waals surface area contributed by atoms with Crippen LogP contribution in [0.25, 0.3) is 0 Å². The van der Waals surface area contributed by atoms with E-state index >= 15 is 0 Å². The van der Waals surface area contributed by atoms with Crippen LogP contribution in [0.2, 0.25) is 0 Å². The summed E-state index contributed by atoms with van der Waals surface area (Å²) in [5, 5.41) is 1.09. The Morgan fingerprint density at radius 1 is 1.60 bits per heavy atom. The first kappa shape index (κ1) is 10.1. The van der Waals surface area contributed by atoms with Crippen LogP contribution < -0.4 is 0 Å². The minimum atomic E-state index is 1.08. The summed E-state index contributed by atoms with van der Waals surface area (Å²) in [5.74, 6) is 0. The zero-order valence-corrected chi connectivity index (χ0v) is 8.26. The van der Waals surface area contributed by atoms with Crippen LogP contribution in [0, 0.1) is 0 Å². The highest BCUT2D eigenvalue weighted by Gasteiger charge is 1.89. The zero-order valence-electron chi connectivity index (χ0n) is 6.63. The molecule has 0 bridgehead atoms. The summed E-state index contributed by atoms with van der Waals surface area (Å²) >= 11 is 0. The monoisotopic (exact) mass is 175 g/mol. The molecule has 0 saturated carbocycles. The molecule has 0 aliphatic heterocycles. The Kier molecular flexibility index (Phi) is 7.30. The fourth-order valence-corrected chi connectivity index (χ4v) is 1.74. The van der Waals surface area contributed by atoms with E-state index in [-0.39, 0.29) is 0 Å². The van der Waals surface area contributed by atoms with Gasteiger partial charge in [-0.15, -0.1) is 0 Å². The van der Waals surface area contributed by atoms with Crippen molar-refractivity contribution in [2.24, 2.45) is 4.99 Å². The lowest BCUT2D eigenvalue weighted by Crippen LogP contribution is -1.81. The van der Waals surface area contributed by atoms with Gasteiger partial charge in [0.25, 0.3) is 0 Å². The topological polar surface area (TPSA) is 12.4 Å². The Labute approximate surface area is 70.8 Å². The van der Waals surface area contributed by atoms with Crippen molar-refractivity contribution in [1.82, 2.24) is 0 Å². The van der Waals surface area contributed by atoms with Gasteiger partial charge >= 0.3 is 0 Å². The number of rotatable bonds is 3. The Morgan fingerprint density at radius 2 is 2.30 bits per heavy atom. The first-order valence-electron chi connectivity index (χ1n) is 3.19. The van der Waals surface area contributed by atoms with Crippen LogP contribution in [0.4, 0.5) is 0 Å². The average Bonchev–Trinajstić information content (AvgIpc) is 1.98. The van der Waals surface area contributed by atoms with Crippen molar-refractivity contribution in [3.63, 3.8) is 0 Å². The normalized spacial score (nSPS) is 12.9. The first-order valence-corrected chi connectivity index (χ1v) is 5.75. The van der Waals surface area contributed by atoms with Crippen LogP contribution in [-0.2, 0) is 0 Å². The van der Waals surface area contributed by atoms with Crippen LogP contribution in [0.1, 0.15) is 13.3 Å².